The van der Waals surface area contributed by atoms with E-state index in [9.17, 15) is 4.79 Å². The number of benzene rings is 1. The first kappa shape index (κ1) is 16.7. The van der Waals surface area contributed by atoms with Gasteiger partial charge in [-0.25, -0.2) is 0 Å². The van der Waals surface area contributed by atoms with E-state index in [4.69, 9.17) is 16.3 Å². The third-order valence-electron chi connectivity index (χ3n) is 4.51. The fraction of sp³-hybridized carbons (Fsp3) is 0.588. The van der Waals surface area contributed by atoms with Gasteiger partial charge in [0.1, 0.15) is 6.10 Å². The maximum absolute atomic E-state index is 12.5. The van der Waals surface area contributed by atoms with E-state index in [1.165, 1.54) is 0 Å². The van der Waals surface area contributed by atoms with Gasteiger partial charge in [0.25, 0.3) is 0 Å². The third-order valence-corrected chi connectivity index (χ3v) is 4.76. The van der Waals surface area contributed by atoms with Crippen LogP contribution < -0.4 is 5.32 Å². The molecule has 0 aliphatic carbocycles. The van der Waals surface area contributed by atoms with Crippen molar-refractivity contribution in [3.63, 3.8) is 0 Å². The molecule has 0 spiro atoms. The molecule has 2 aliphatic rings. The Balaban J connectivity index is 1.51. The summed E-state index contributed by atoms with van der Waals surface area (Å²) in [7, 11) is 0. The Bertz CT molecular complexity index is 517. The Hall–Kier alpha value is -1.14. The first-order valence-corrected chi connectivity index (χ1v) is 8.68. The number of morpholine rings is 1. The Morgan fingerprint density at radius 2 is 1.96 bits per heavy atom. The van der Waals surface area contributed by atoms with Crippen molar-refractivity contribution in [3.05, 3.63) is 34.9 Å². The number of rotatable bonds is 4. The Morgan fingerprint density at radius 3 is 2.70 bits per heavy atom. The van der Waals surface area contributed by atoms with Crippen LogP contribution in [0.1, 0.15) is 18.1 Å². The number of carbonyl (C=O) groups is 1. The van der Waals surface area contributed by atoms with Gasteiger partial charge < -0.3 is 19.9 Å². The van der Waals surface area contributed by atoms with E-state index < -0.39 is 0 Å². The summed E-state index contributed by atoms with van der Waals surface area (Å²) in [6.45, 7) is 6.85. The molecule has 1 atom stereocenters. The summed E-state index contributed by atoms with van der Waals surface area (Å²) >= 11 is 5.93. The lowest BCUT2D eigenvalue weighted by molar-refractivity contribution is -0.139. The van der Waals surface area contributed by atoms with Crippen molar-refractivity contribution in [1.29, 1.82) is 0 Å². The van der Waals surface area contributed by atoms with Gasteiger partial charge in [0.05, 0.1) is 13.2 Å². The summed E-state index contributed by atoms with van der Waals surface area (Å²) in [6.07, 6.45) is 0.539. The standard InChI is InChI=1S/C17H24ClN3O2/c18-15-3-1-14(2-4-15)16-13-21(11-12-23-16)17(22)5-8-20-9-6-19-7-10-20/h1-4,16,19H,5-13H2/t16-/m1/s1. The van der Waals surface area contributed by atoms with E-state index in [0.29, 0.717) is 31.1 Å². The average molecular weight is 338 g/mol. The lowest BCUT2D eigenvalue weighted by Crippen LogP contribution is -2.46. The van der Waals surface area contributed by atoms with Crippen LogP contribution in [-0.4, -0.2) is 68.1 Å². The van der Waals surface area contributed by atoms with Gasteiger partial charge in [-0.05, 0) is 17.7 Å². The number of hydrogen-bond donors (Lipinski definition) is 1. The van der Waals surface area contributed by atoms with Crippen molar-refractivity contribution in [2.24, 2.45) is 0 Å². The van der Waals surface area contributed by atoms with Crippen molar-refractivity contribution in [2.45, 2.75) is 12.5 Å². The zero-order chi connectivity index (χ0) is 16.1. The molecule has 0 radical (unpaired) electrons. The maximum atomic E-state index is 12.5. The van der Waals surface area contributed by atoms with Gasteiger partial charge in [-0.3, -0.25) is 4.79 Å². The molecule has 3 rings (SSSR count). The predicted octanol–water partition coefficient (Wildman–Crippen LogP) is 1.54. The van der Waals surface area contributed by atoms with Crippen molar-refractivity contribution >= 4 is 17.5 Å². The molecule has 1 aromatic rings. The molecule has 2 saturated heterocycles. The Labute approximate surface area is 142 Å². The van der Waals surface area contributed by atoms with Crippen molar-refractivity contribution in [1.82, 2.24) is 15.1 Å². The van der Waals surface area contributed by atoms with Crippen LogP contribution in [0.5, 0.6) is 0 Å². The zero-order valence-electron chi connectivity index (χ0n) is 13.3. The Morgan fingerprint density at radius 1 is 1.22 bits per heavy atom. The molecule has 0 saturated carbocycles. The minimum Gasteiger partial charge on any atom is -0.370 e. The fourth-order valence-corrected chi connectivity index (χ4v) is 3.23. The summed E-state index contributed by atoms with van der Waals surface area (Å²) in [4.78, 5) is 16.8. The number of carbonyl (C=O) groups excluding carboxylic acids is 1. The van der Waals surface area contributed by atoms with Crippen LogP contribution in [0.25, 0.3) is 0 Å². The van der Waals surface area contributed by atoms with Crippen LogP contribution in [0.4, 0.5) is 0 Å². The van der Waals surface area contributed by atoms with Crippen LogP contribution in [0, 0.1) is 0 Å². The second-order valence-corrected chi connectivity index (χ2v) is 6.53. The molecule has 0 bridgehead atoms. The van der Waals surface area contributed by atoms with Gasteiger partial charge in [-0.1, -0.05) is 23.7 Å². The SMILES string of the molecule is O=C(CCN1CCNCC1)N1CCO[C@@H](c2ccc(Cl)cc2)C1. The van der Waals surface area contributed by atoms with E-state index >= 15 is 0 Å². The van der Waals surface area contributed by atoms with E-state index in [1.54, 1.807) is 0 Å². The number of hydrogen-bond acceptors (Lipinski definition) is 4. The van der Waals surface area contributed by atoms with Crippen LogP contribution >= 0.6 is 11.6 Å². The topological polar surface area (TPSA) is 44.8 Å². The first-order chi connectivity index (χ1) is 11.2. The van der Waals surface area contributed by atoms with Gasteiger partial charge in [0.15, 0.2) is 0 Å². The van der Waals surface area contributed by atoms with Crippen LogP contribution in [0.15, 0.2) is 24.3 Å². The highest BCUT2D eigenvalue weighted by molar-refractivity contribution is 6.30. The second kappa shape index (κ2) is 8.11. The van der Waals surface area contributed by atoms with Gasteiger partial charge >= 0.3 is 0 Å². The van der Waals surface area contributed by atoms with E-state index in [2.05, 4.69) is 10.2 Å². The lowest BCUT2D eigenvalue weighted by Gasteiger charge is -2.34. The number of piperazine rings is 1. The first-order valence-electron chi connectivity index (χ1n) is 8.30. The molecular weight excluding hydrogens is 314 g/mol. The van der Waals surface area contributed by atoms with Gasteiger partial charge in [-0.2, -0.15) is 0 Å². The molecule has 1 aromatic carbocycles. The summed E-state index contributed by atoms with van der Waals surface area (Å²) in [5, 5.41) is 4.05. The van der Waals surface area contributed by atoms with Crippen molar-refractivity contribution in [2.75, 3.05) is 52.4 Å². The quantitative estimate of drug-likeness (QED) is 0.905. The molecule has 1 amide bonds. The Kier molecular flexibility index (Phi) is 5.89. The second-order valence-electron chi connectivity index (χ2n) is 6.09. The molecule has 126 valence electrons. The minimum atomic E-state index is -0.0517. The molecular formula is C17H24ClN3O2. The maximum Gasteiger partial charge on any atom is 0.224 e. The van der Waals surface area contributed by atoms with E-state index in [1.807, 2.05) is 29.2 Å². The summed E-state index contributed by atoms with van der Waals surface area (Å²) in [5.74, 6) is 0.228. The van der Waals surface area contributed by atoms with Crippen LogP contribution in [0.2, 0.25) is 5.02 Å². The lowest BCUT2D eigenvalue weighted by atomic mass is 10.1. The van der Waals surface area contributed by atoms with Crippen LogP contribution in [0.3, 0.4) is 0 Å². The number of ether oxygens (including phenoxy) is 1. The highest BCUT2D eigenvalue weighted by Gasteiger charge is 2.25. The number of nitrogens with one attached hydrogen (secondary N) is 1. The molecule has 5 nitrogen and oxygen atoms in total. The monoisotopic (exact) mass is 337 g/mol. The molecule has 2 fully saturated rings. The number of amides is 1. The summed E-state index contributed by atoms with van der Waals surface area (Å²) < 4.78 is 5.82. The predicted molar refractivity (Wildman–Crippen MR) is 90.7 cm³/mol. The normalized spacial score (nSPS) is 23.0. The summed E-state index contributed by atoms with van der Waals surface area (Å²) in [6, 6.07) is 7.68. The molecule has 1 N–H and O–H groups in total. The van der Waals surface area contributed by atoms with Crippen molar-refractivity contribution < 1.29 is 9.53 Å². The van der Waals surface area contributed by atoms with Crippen LogP contribution in [-0.2, 0) is 9.53 Å². The van der Waals surface area contributed by atoms with Gasteiger partial charge in [-0.15, -0.1) is 0 Å². The molecule has 0 aromatic heterocycles. The van der Waals surface area contributed by atoms with Gasteiger partial charge in [0, 0.05) is 50.7 Å². The fourth-order valence-electron chi connectivity index (χ4n) is 3.10. The minimum absolute atomic E-state index is 0.0517. The molecule has 2 aliphatic heterocycles. The van der Waals surface area contributed by atoms with Crippen molar-refractivity contribution in [3.8, 4) is 0 Å². The number of halogens is 1. The highest BCUT2D eigenvalue weighted by atomic mass is 35.5. The molecule has 23 heavy (non-hydrogen) atoms. The van der Waals surface area contributed by atoms with Gasteiger partial charge in [0.2, 0.25) is 5.91 Å². The zero-order valence-corrected chi connectivity index (χ0v) is 14.1. The van der Waals surface area contributed by atoms with E-state index in [-0.39, 0.29) is 12.0 Å². The van der Waals surface area contributed by atoms with E-state index in [0.717, 1.165) is 38.3 Å². The largest absolute Gasteiger partial charge is 0.370 e. The molecule has 0 unspecified atom stereocenters. The average Bonchev–Trinajstić information content (AvgIpc) is 2.61. The summed E-state index contributed by atoms with van der Waals surface area (Å²) in [5.41, 5.74) is 1.08. The molecule has 2 heterocycles. The molecule has 6 heteroatoms. The number of nitrogens with zero attached hydrogens (tertiary/aromatic N) is 2. The smallest absolute Gasteiger partial charge is 0.224 e. The highest BCUT2D eigenvalue weighted by Crippen LogP contribution is 2.24. The third kappa shape index (κ3) is 4.67.